The van der Waals surface area contributed by atoms with Crippen molar-refractivity contribution in [2.24, 2.45) is 5.41 Å². The number of hydrogen-bond acceptors (Lipinski definition) is 6. The molecule has 0 bridgehead atoms. The molecule has 0 saturated heterocycles. The van der Waals surface area contributed by atoms with E-state index in [1.807, 2.05) is 20.8 Å². The molecular weight excluding hydrogens is 228 g/mol. The van der Waals surface area contributed by atoms with Gasteiger partial charge in [0.2, 0.25) is 0 Å². The van der Waals surface area contributed by atoms with Crippen molar-refractivity contribution < 1.29 is 30.1 Å². The van der Waals surface area contributed by atoms with Gasteiger partial charge in [-0.25, -0.2) is 9.78 Å². The van der Waals surface area contributed by atoms with E-state index >= 15 is 0 Å². The van der Waals surface area contributed by atoms with Gasteiger partial charge in [0.15, 0.2) is 0 Å². The predicted octanol–water partition coefficient (Wildman–Crippen LogP) is 0.408. The summed E-state index contributed by atoms with van der Waals surface area (Å²) < 4.78 is 0. The first-order valence-electron chi connectivity index (χ1n) is 5.75. The van der Waals surface area contributed by atoms with Crippen LogP contribution in [0.15, 0.2) is 0 Å². The quantitative estimate of drug-likeness (QED) is 0.296. The molecule has 0 radical (unpaired) electrons. The summed E-state index contributed by atoms with van der Waals surface area (Å²) in [5.74, 6) is 0. The van der Waals surface area contributed by atoms with E-state index in [1.54, 1.807) is 0 Å². The van der Waals surface area contributed by atoms with Gasteiger partial charge in [0.05, 0.1) is 31.8 Å². The lowest BCUT2D eigenvalue weighted by atomic mass is 9.93. The average Bonchev–Trinajstić information content (AvgIpc) is 2.30. The number of rotatable bonds is 10. The summed E-state index contributed by atoms with van der Waals surface area (Å²) in [4.78, 5) is 9.78. The van der Waals surface area contributed by atoms with Gasteiger partial charge in [-0.2, -0.15) is 0 Å². The third kappa shape index (κ3) is 6.30. The average molecular weight is 252 g/mol. The Balaban J connectivity index is 3.90. The summed E-state index contributed by atoms with van der Waals surface area (Å²) in [6.07, 6.45) is 1.76. The fourth-order valence-corrected chi connectivity index (χ4v) is 1.20. The van der Waals surface area contributed by atoms with Crippen molar-refractivity contribution >= 4 is 0 Å². The Morgan fingerprint density at radius 1 is 1.00 bits per heavy atom. The second kappa shape index (κ2) is 7.97. The highest BCUT2D eigenvalue weighted by molar-refractivity contribution is 4.75. The van der Waals surface area contributed by atoms with Crippen LogP contribution < -0.4 is 0 Å². The van der Waals surface area contributed by atoms with Crippen LogP contribution in [-0.4, -0.2) is 47.3 Å². The highest BCUT2D eigenvalue weighted by Crippen LogP contribution is 2.19. The molecule has 0 atom stereocenters. The van der Waals surface area contributed by atoms with Gasteiger partial charge < -0.3 is 15.3 Å². The van der Waals surface area contributed by atoms with Gasteiger partial charge >= 0.3 is 0 Å². The standard InChI is InChI=1S/C11H24O6/c1-4-5-10(2,3)16-17-15-9-11(6-12,7-13)8-14/h12-14H,4-9H2,1-3H3. The maximum Gasteiger partial charge on any atom is 0.101 e. The molecule has 0 heterocycles. The van der Waals surface area contributed by atoms with E-state index in [9.17, 15) is 0 Å². The van der Waals surface area contributed by atoms with Gasteiger partial charge in [0, 0.05) is 0 Å². The molecule has 0 spiro atoms. The van der Waals surface area contributed by atoms with E-state index < -0.39 is 30.8 Å². The van der Waals surface area contributed by atoms with Crippen molar-refractivity contribution in [2.75, 3.05) is 26.4 Å². The van der Waals surface area contributed by atoms with Gasteiger partial charge in [-0.1, -0.05) is 18.4 Å². The lowest BCUT2D eigenvalue weighted by molar-refractivity contribution is -0.546. The third-order valence-corrected chi connectivity index (χ3v) is 2.53. The maximum atomic E-state index is 9.02. The van der Waals surface area contributed by atoms with Crippen LogP contribution in [0, 0.1) is 5.41 Å². The SMILES string of the molecule is CCCC(C)(C)OOOCC(CO)(CO)CO. The first-order valence-corrected chi connectivity index (χ1v) is 5.75. The van der Waals surface area contributed by atoms with Crippen molar-refractivity contribution in [1.82, 2.24) is 0 Å². The van der Waals surface area contributed by atoms with Crippen LogP contribution in [0.4, 0.5) is 0 Å². The van der Waals surface area contributed by atoms with Crippen LogP contribution in [0.5, 0.6) is 0 Å². The normalized spacial score (nSPS) is 13.1. The Morgan fingerprint density at radius 2 is 1.53 bits per heavy atom. The Labute approximate surface area is 102 Å². The van der Waals surface area contributed by atoms with Crippen LogP contribution in [0.2, 0.25) is 0 Å². The van der Waals surface area contributed by atoms with Gasteiger partial charge in [-0.15, -0.1) is 0 Å². The summed E-state index contributed by atoms with van der Waals surface area (Å²) in [6, 6.07) is 0. The largest absolute Gasteiger partial charge is 0.396 e. The van der Waals surface area contributed by atoms with Crippen molar-refractivity contribution in [1.29, 1.82) is 0 Å². The van der Waals surface area contributed by atoms with Crippen LogP contribution in [-0.2, 0) is 14.8 Å². The monoisotopic (exact) mass is 252 g/mol. The summed E-state index contributed by atoms with van der Waals surface area (Å²) in [5.41, 5.74) is -1.58. The topological polar surface area (TPSA) is 88.4 Å². The van der Waals surface area contributed by atoms with Gasteiger partial charge in [0.1, 0.15) is 5.60 Å². The molecule has 0 aromatic carbocycles. The van der Waals surface area contributed by atoms with Crippen LogP contribution in [0.1, 0.15) is 33.6 Å². The molecule has 6 heteroatoms. The molecule has 0 unspecified atom stereocenters. The number of hydrogen-bond donors (Lipinski definition) is 3. The molecular formula is C11H24O6. The molecule has 0 fully saturated rings. The summed E-state index contributed by atoms with van der Waals surface area (Å²) in [5, 5.41) is 31.6. The van der Waals surface area contributed by atoms with E-state index in [0.717, 1.165) is 12.8 Å². The molecule has 3 N–H and O–H groups in total. The Morgan fingerprint density at radius 3 is 1.94 bits per heavy atom. The zero-order chi connectivity index (χ0) is 13.4. The third-order valence-electron chi connectivity index (χ3n) is 2.53. The maximum absolute atomic E-state index is 9.02. The first kappa shape index (κ1) is 16.8. The van der Waals surface area contributed by atoms with E-state index in [2.05, 4.69) is 5.04 Å². The zero-order valence-corrected chi connectivity index (χ0v) is 10.8. The van der Waals surface area contributed by atoms with Gasteiger partial charge in [-0.3, -0.25) is 0 Å². The molecule has 0 aliphatic heterocycles. The number of aliphatic hydroxyl groups excluding tert-OH is 3. The minimum absolute atomic E-state index is 0.154. The van der Waals surface area contributed by atoms with E-state index in [0.29, 0.717) is 0 Å². The van der Waals surface area contributed by atoms with E-state index in [1.165, 1.54) is 0 Å². The molecule has 104 valence electrons. The van der Waals surface area contributed by atoms with Crippen molar-refractivity contribution in [3.8, 4) is 0 Å². The molecule has 0 aromatic rings. The van der Waals surface area contributed by atoms with Gasteiger partial charge in [-0.05, 0) is 20.3 Å². The highest BCUT2D eigenvalue weighted by Gasteiger charge is 2.30. The molecule has 0 aromatic heterocycles. The minimum atomic E-state index is -1.11. The second-order valence-electron chi connectivity index (χ2n) is 4.90. The van der Waals surface area contributed by atoms with Crippen LogP contribution >= 0.6 is 0 Å². The lowest BCUT2D eigenvalue weighted by Gasteiger charge is -2.27. The van der Waals surface area contributed by atoms with Crippen molar-refractivity contribution in [3.63, 3.8) is 0 Å². The highest BCUT2D eigenvalue weighted by atomic mass is 17.5. The Kier molecular flexibility index (Phi) is 7.85. The molecule has 6 nitrogen and oxygen atoms in total. The van der Waals surface area contributed by atoms with Crippen molar-refractivity contribution in [3.05, 3.63) is 0 Å². The lowest BCUT2D eigenvalue weighted by Crippen LogP contribution is -2.39. The molecule has 17 heavy (non-hydrogen) atoms. The van der Waals surface area contributed by atoms with Crippen LogP contribution in [0.3, 0.4) is 0 Å². The fourth-order valence-electron chi connectivity index (χ4n) is 1.20. The Bertz CT molecular complexity index is 182. The minimum Gasteiger partial charge on any atom is -0.396 e. The number of aliphatic hydroxyl groups is 3. The molecule has 0 amide bonds. The van der Waals surface area contributed by atoms with Crippen LogP contribution in [0.25, 0.3) is 0 Å². The molecule has 0 aliphatic carbocycles. The van der Waals surface area contributed by atoms with Crippen molar-refractivity contribution in [2.45, 2.75) is 39.2 Å². The summed E-state index contributed by atoms with van der Waals surface area (Å²) >= 11 is 0. The van der Waals surface area contributed by atoms with E-state index in [4.69, 9.17) is 25.1 Å². The second-order valence-corrected chi connectivity index (χ2v) is 4.90. The molecule has 0 saturated carbocycles. The zero-order valence-electron chi connectivity index (χ0n) is 10.8. The van der Waals surface area contributed by atoms with Gasteiger partial charge in [0.25, 0.3) is 0 Å². The smallest absolute Gasteiger partial charge is 0.101 e. The summed E-state index contributed by atoms with van der Waals surface area (Å²) in [7, 11) is 0. The van der Waals surface area contributed by atoms with E-state index in [-0.39, 0.29) is 6.61 Å². The summed E-state index contributed by atoms with van der Waals surface area (Å²) in [6.45, 7) is 4.39. The first-order chi connectivity index (χ1) is 7.95. The molecule has 0 rings (SSSR count). The Hall–Kier alpha value is -0.240. The predicted molar refractivity (Wildman–Crippen MR) is 60.8 cm³/mol. The molecule has 0 aliphatic rings. The fraction of sp³-hybridized carbons (Fsp3) is 1.00.